The van der Waals surface area contributed by atoms with E-state index < -0.39 is 23.6 Å². The summed E-state index contributed by atoms with van der Waals surface area (Å²) < 4.78 is 21.2. The second-order valence-corrected chi connectivity index (χ2v) is 10.2. The van der Waals surface area contributed by atoms with Gasteiger partial charge in [-0.25, -0.2) is 0 Å². The maximum absolute atomic E-state index is 13.6. The molecule has 0 fully saturated rings. The van der Waals surface area contributed by atoms with E-state index in [-0.39, 0.29) is 19.8 Å². The second-order valence-electron chi connectivity index (χ2n) is 10.2. The largest absolute Gasteiger partial charge is 0.497 e. The average Bonchev–Trinajstić information content (AvgIpc) is 3.05. The molecular weight excluding hydrogens is 560 g/mol. The first kappa shape index (κ1) is 33.9. The Morgan fingerprint density at radius 3 is 2.25 bits per heavy atom. The Morgan fingerprint density at radius 1 is 0.841 bits per heavy atom. The number of hydrogen-bond donors (Lipinski definition) is 2. The van der Waals surface area contributed by atoms with Crippen LogP contribution in [0.4, 0.5) is 0 Å². The zero-order valence-corrected chi connectivity index (χ0v) is 25.9. The summed E-state index contributed by atoms with van der Waals surface area (Å²) in [4.78, 5) is 40.0. The van der Waals surface area contributed by atoms with Crippen LogP contribution in [0.3, 0.4) is 0 Å². The molecule has 0 aliphatic heterocycles. The number of ether oxygens (including phenoxy) is 4. The molecule has 0 aliphatic carbocycles. The number of rotatable bonds is 18. The van der Waals surface area contributed by atoms with E-state index in [1.54, 1.807) is 25.3 Å². The highest BCUT2D eigenvalue weighted by atomic mass is 16.7. The highest BCUT2D eigenvalue weighted by Crippen LogP contribution is 2.29. The molecule has 234 valence electrons. The summed E-state index contributed by atoms with van der Waals surface area (Å²) in [6, 6.07) is 21.1. The van der Waals surface area contributed by atoms with Gasteiger partial charge < -0.3 is 29.6 Å². The third-order valence-corrected chi connectivity index (χ3v) is 6.94. The molecular formula is C35H42N2O7. The fraction of sp³-hybridized carbons (Fsp3) is 0.343. The van der Waals surface area contributed by atoms with Gasteiger partial charge in [-0.15, -0.1) is 0 Å². The van der Waals surface area contributed by atoms with Crippen molar-refractivity contribution < 1.29 is 33.3 Å². The normalized spacial score (nSPS) is 11.8. The smallest absolute Gasteiger partial charge is 0.289 e. The van der Waals surface area contributed by atoms with Crippen molar-refractivity contribution >= 4 is 23.7 Å². The van der Waals surface area contributed by atoms with Gasteiger partial charge in [-0.3, -0.25) is 14.4 Å². The van der Waals surface area contributed by atoms with E-state index in [0.717, 1.165) is 35.3 Å². The van der Waals surface area contributed by atoms with Crippen molar-refractivity contribution in [3.63, 3.8) is 0 Å². The van der Waals surface area contributed by atoms with E-state index in [4.69, 9.17) is 18.9 Å². The zero-order valence-electron chi connectivity index (χ0n) is 25.9. The number of carbonyl (C=O) groups excluding carboxylic acids is 3. The Bertz CT molecular complexity index is 1390. The van der Waals surface area contributed by atoms with Gasteiger partial charge in [-0.2, -0.15) is 0 Å². The number of ketones is 1. The molecule has 0 spiro atoms. The molecule has 0 heterocycles. The number of benzene rings is 3. The van der Waals surface area contributed by atoms with Gasteiger partial charge in [0.15, 0.2) is 18.3 Å². The fourth-order valence-electron chi connectivity index (χ4n) is 4.50. The van der Waals surface area contributed by atoms with Crippen LogP contribution in [-0.4, -0.2) is 58.3 Å². The lowest BCUT2D eigenvalue weighted by Gasteiger charge is -2.19. The Balaban J connectivity index is 1.78. The van der Waals surface area contributed by atoms with Crippen molar-refractivity contribution in [1.82, 2.24) is 10.6 Å². The minimum Gasteiger partial charge on any atom is -0.497 e. The Kier molecular flexibility index (Phi) is 14.0. The van der Waals surface area contributed by atoms with Crippen molar-refractivity contribution in [2.45, 2.75) is 45.1 Å². The molecule has 0 radical (unpaired) electrons. The maximum atomic E-state index is 13.6. The molecule has 0 unspecified atom stereocenters. The first-order valence-corrected chi connectivity index (χ1v) is 14.7. The first-order valence-electron chi connectivity index (χ1n) is 14.7. The van der Waals surface area contributed by atoms with Crippen molar-refractivity contribution in [2.24, 2.45) is 0 Å². The molecule has 0 aliphatic rings. The lowest BCUT2D eigenvalue weighted by Crippen LogP contribution is -2.49. The standard InChI is InChI=1S/C35H42N2O7/c1-5-6-12-28(21-27-15-18-31(44-24-41-2)32(23-27)43-4)34(39)37-30(22-26-10-8-7-9-11-26)33(38)35(40)36-20-19-25-13-16-29(42-3)17-14-25/h7-11,13-18,21,23,30H,5-6,12,19-20,22,24H2,1-4H3,(H,36,40)(H,37,39)/b28-21+/t30-/m0/s1. The Labute approximate surface area is 259 Å². The average molecular weight is 603 g/mol. The summed E-state index contributed by atoms with van der Waals surface area (Å²) in [7, 11) is 4.67. The van der Waals surface area contributed by atoms with Crippen LogP contribution < -0.4 is 24.8 Å². The van der Waals surface area contributed by atoms with Crippen LogP contribution in [0.1, 0.15) is 42.9 Å². The summed E-state index contributed by atoms with van der Waals surface area (Å²) >= 11 is 0. The zero-order chi connectivity index (χ0) is 31.7. The van der Waals surface area contributed by atoms with Crippen LogP contribution >= 0.6 is 0 Å². The summed E-state index contributed by atoms with van der Waals surface area (Å²) in [6.07, 6.45) is 4.63. The molecule has 9 nitrogen and oxygen atoms in total. The van der Waals surface area contributed by atoms with Crippen molar-refractivity contribution in [3.05, 3.63) is 95.1 Å². The lowest BCUT2D eigenvalue weighted by atomic mass is 9.99. The van der Waals surface area contributed by atoms with Gasteiger partial charge in [0.25, 0.3) is 5.91 Å². The molecule has 44 heavy (non-hydrogen) atoms. The van der Waals surface area contributed by atoms with Crippen LogP contribution in [0.25, 0.3) is 6.08 Å². The molecule has 0 aromatic heterocycles. The van der Waals surface area contributed by atoms with Gasteiger partial charge in [0.1, 0.15) is 11.8 Å². The van der Waals surface area contributed by atoms with Gasteiger partial charge >= 0.3 is 0 Å². The molecule has 9 heteroatoms. The van der Waals surface area contributed by atoms with Crippen LogP contribution in [-0.2, 0) is 32.0 Å². The number of carbonyl (C=O) groups is 3. The van der Waals surface area contributed by atoms with Gasteiger partial charge in [-0.05, 0) is 66.3 Å². The Hall–Kier alpha value is -4.63. The number of hydrogen-bond acceptors (Lipinski definition) is 7. The van der Waals surface area contributed by atoms with Gasteiger partial charge in [0.2, 0.25) is 11.7 Å². The predicted octanol–water partition coefficient (Wildman–Crippen LogP) is 4.92. The van der Waals surface area contributed by atoms with Gasteiger partial charge in [0.05, 0.1) is 14.2 Å². The van der Waals surface area contributed by atoms with Crippen LogP contribution in [0, 0.1) is 0 Å². The van der Waals surface area contributed by atoms with Crippen molar-refractivity contribution in [2.75, 3.05) is 34.7 Å². The second kappa shape index (κ2) is 18.1. The SMILES string of the molecule is CCCC/C(=C\c1ccc(OCOC)c(OC)c1)C(=O)N[C@@H](Cc1ccccc1)C(=O)C(=O)NCCc1ccc(OC)cc1. The molecule has 3 aromatic carbocycles. The number of amides is 2. The number of methoxy groups -OCH3 is 3. The minimum absolute atomic E-state index is 0.0710. The predicted molar refractivity (Wildman–Crippen MR) is 170 cm³/mol. The summed E-state index contributed by atoms with van der Waals surface area (Å²) in [6.45, 7) is 2.39. The first-order chi connectivity index (χ1) is 21.4. The van der Waals surface area contributed by atoms with Crippen molar-refractivity contribution in [3.8, 4) is 17.2 Å². The summed E-state index contributed by atoms with van der Waals surface area (Å²) in [5.41, 5.74) is 3.04. The van der Waals surface area contributed by atoms with Gasteiger partial charge in [-0.1, -0.05) is 61.9 Å². The van der Waals surface area contributed by atoms with E-state index in [1.165, 1.54) is 14.2 Å². The van der Waals surface area contributed by atoms with Gasteiger partial charge in [0, 0.05) is 25.6 Å². The number of Topliss-reactive ketones (excluding diaryl/α,β-unsaturated/α-hetero) is 1. The van der Waals surface area contributed by atoms with E-state index in [9.17, 15) is 14.4 Å². The molecule has 0 saturated carbocycles. The lowest BCUT2D eigenvalue weighted by molar-refractivity contribution is -0.139. The van der Waals surface area contributed by atoms with E-state index in [1.807, 2.05) is 67.6 Å². The molecule has 0 saturated heterocycles. The minimum atomic E-state index is -1.05. The molecule has 3 rings (SSSR count). The topological polar surface area (TPSA) is 112 Å². The molecule has 2 N–H and O–H groups in total. The van der Waals surface area contributed by atoms with E-state index in [0.29, 0.717) is 29.9 Å². The highest BCUT2D eigenvalue weighted by molar-refractivity contribution is 6.38. The third-order valence-electron chi connectivity index (χ3n) is 6.94. The van der Waals surface area contributed by atoms with Crippen LogP contribution in [0.5, 0.6) is 17.2 Å². The summed E-state index contributed by atoms with van der Waals surface area (Å²) in [5.74, 6) is -0.0973. The van der Waals surface area contributed by atoms with Crippen LogP contribution in [0.15, 0.2) is 78.4 Å². The Morgan fingerprint density at radius 2 is 1.59 bits per heavy atom. The highest BCUT2D eigenvalue weighted by Gasteiger charge is 2.28. The number of unbranched alkanes of at least 4 members (excludes halogenated alkanes) is 1. The molecule has 1 atom stereocenters. The number of nitrogens with one attached hydrogen (secondary N) is 2. The van der Waals surface area contributed by atoms with E-state index in [2.05, 4.69) is 10.6 Å². The monoisotopic (exact) mass is 602 g/mol. The maximum Gasteiger partial charge on any atom is 0.289 e. The molecule has 0 bridgehead atoms. The quantitative estimate of drug-likeness (QED) is 0.121. The third kappa shape index (κ3) is 10.6. The fourth-order valence-corrected chi connectivity index (χ4v) is 4.50. The van der Waals surface area contributed by atoms with Crippen molar-refractivity contribution in [1.29, 1.82) is 0 Å². The summed E-state index contributed by atoms with van der Waals surface area (Å²) in [5, 5.41) is 5.57. The molecule has 2 amide bonds. The van der Waals surface area contributed by atoms with Crippen LogP contribution in [0.2, 0.25) is 0 Å². The van der Waals surface area contributed by atoms with E-state index >= 15 is 0 Å². The molecule has 3 aromatic rings.